The molecule has 2 N–H and O–H groups in total. The van der Waals surface area contributed by atoms with Gasteiger partial charge in [0.05, 0.1) is 0 Å². The van der Waals surface area contributed by atoms with Crippen molar-refractivity contribution in [1.82, 2.24) is 5.32 Å². The first-order valence-corrected chi connectivity index (χ1v) is 7.22. The highest BCUT2D eigenvalue weighted by molar-refractivity contribution is 5.44. The normalized spacial score (nSPS) is 25.3. The molecule has 1 atom stereocenters. The molecule has 1 fully saturated rings. The van der Waals surface area contributed by atoms with E-state index in [4.69, 9.17) is 0 Å². The van der Waals surface area contributed by atoms with Crippen molar-refractivity contribution in [3.63, 3.8) is 0 Å². The quantitative estimate of drug-likeness (QED) is 0.853. The molecule has 0 amide bonds. The van der Waals surface area contributed by atoms with Gasteiger partial charge in [-0.1, -0.05) is 31.9 Å². The van der Waals surface area contributed by atoms with Crippen LogP contribution in [0.5, 0.6) is 5.75 Å². The second kappa shape index (κ2) is 4.58. The number of aromatic hydroxyl groups is 1. The van der Waals surface area contributed by atoms with Crippen LogP contribution in [0.3, 0.4) is 0 Å². The van der Waals surface area contributed by atoms with Crippen molar-refractivity contribution in [2.75, 3.05) is 6.54 Å². The largest absolute Gasteiger partial charge is 0.508 e. The highest BCUT2D eigenvalue weighted by atomic mass is 16.3. The SMILES string of the molecule is CC1(CNC2CCc3c(O)cccc32)CCCC1. The van der Waals surface area contributed by atoms with E-state index < -0.39 is 0 Å². The van der Waals surface area contributed by atoms with Gasteiger partial charge < -0.3 is 10.4 Å². The van der Waals surface area contributed by atoms with Crippen LogP contribution in [0.2, 0.25) is 0 Å². The minimum Gasteiger partial charge on any atom is -0.508 e. The van der Waals surface area contributed by atoms with Crippen molar-refractivity contribution in [3.05, 3.63) is 29.3 Å². The van der Waals surface area contributed by atoms with Gasteiger partial charge in [-0.3, -0.25) is 0 Å². The lowest BCUT2D eigenvalue weighted by Crippen LogP contribution is -2.31. The number of benzene rings is 1. The minimum atomic E-state index is 0.449. The van der Waals surface area contributed by atoms with E-state index in [0.29, 0.717) is 17.2 Å². The summed E-state index contributed by atoms with van der Waals surface area (Å²) < 4.78 is 0. The zero-order chi connectivity index (χ0) is 12.6. The maximum absolute atomic E-state index is 9.85. The van der Waals surface area contributed by atoms with Crippen LogP contribution in [-0.2, 0) is 6.42 Å². The van der Waals surface area contributed by atoms with Crippen molar-refractivity contribution < 1.29 is 5.11 Å². The smallest absolute Gasteiger partial charge is 0.119 e. The first kappa shape index (κ1) is 12.0. The molecule has 18 heavy (non-hydrogen) atoms. The Labute approximate surface area is 109 Å². The molecule has 0 bridgehead atoms. The minimum absolute atomic E-state index is 0.449. The maximum atomic E-state index is 9.85. The Bertz CT molecular complexity index is 435. The molecule has 0 saturated heterocycles. The predicted octanol–water partition coefficient (Wildman–Crippen LogP) is 3.55. The van der Waals surface area contributed by atoms with Crippen molar-refractivity contribution in [2.45, 2.75) is 51.5 Å². The molecule has 0 aromatic heterocycles. The van der Waals surface area contributed by atoms with Crippen LogP contribution < -0.4 is 5.32 Å². The second-order valence-electron chi connectivity index (χ2n) is 6.33. The van der Waals surface area contributed by atoms with E-state index in [-0.39, 0.29) is 0 Å². The zero-order valence-corrected chi connectivity index (χ0v) is 11.2. The lowest BCUT2D eigenvalue weighted by Gasteiger charge is -2.26. The molecule has 1 saturated carbocycles. The standard InChI is InChI=1S/C16H23NO/c1-16(9-2-3-10-16)11-17-14-8-7-13-12(14)5-4-6-15(13)18/h4-6,14,17-18H,2-3,7-11H2,1H3. The Hall–Kier alpha value is -1.02. The molecule has 3 rings (SSSR count). The van der Waals surface area contributed by atoms with E-state index in [1.165, 1.54) is 31.2 Å². The topological polar surface area (TPSA) is 32.3 Å². The number of hydrogen-bond acceptors (Lipinski definition) is 2. The number of nitrogens with one attached hydrogen (secondary N) is 1. The predicted molar refractivity (Wildman–Crippen MR) is 73.7 cm³/mol. The van der Waals surface area contributed by atoms with E-state index >= 15 is 0 Å². The molecule has 0 radical (unpaired) electrons. The Morgan fingerprint density at radius 2 is 2.11 bits per heavy atom. The molecule has 0 heterocycles. The van der Waals surface area contributed by atoms with Crippen molar-refractivity contribution >= 4 is 0 Å². The molecule has 0 aliphatic heterocycles. The summed E-state index contributed by atoms with van der Waals surface area (Å²) >= 11 is 0. The first-order chi connectivity index (χ1) is 8.68. The number of hydrogen-bond donors (Lipinski definition) is 2. The average molecular weight is 245 g/mol. The summed E-state index contributed by atoms with van der Waals surface area (Å²) in [6.45, 7) is 3.53. The molecule has 2 aliphatic rings. The van der Waals surface area contributed by atoms with Crippen LogP contribution in [-0.4, -0.2) is 11.7 Å². The molecule has 0 spiro atoms. The molecule has 1 aromatic rings. The number of phenolic OH excluding ortho intramolecular Hbond substituents is 1. The average Bonchev–Trinajstić information content (AvgIpc) is 2.95. The number of phenols is 1. The fourth-order valence-electron chi connectivity index (χ4n) is 3.62. The third-order valence-corrected chi connectivity index (χ3v) is 4.83. The molecule has 2 aliphatic carbocycles. The first-order valence-electron chi connectivity index (χ1n) is 7.22. The zero-order valence-electron chi connectivity index (χ0n) is 11.2. The summed E-state index contributed by atoms with van der Waals surface area (Å²) in [6.07, 6.45) is 7.64. The Balaban J connectivity index is 1.68. The van der Waals surface area contributed by atoms with E-state index in [0.717, 1.165) is 24.9 Å². The van der Waals surface area contributed by atoms with Crippen molar-refractivity contribution in [2.24, 2.45) is 5.41 Å². The van der Waals surface area contributed by atoms with Gasteiger partial charge in [0.25, 0.3) is 0 Å². The fraction of sp³-hybridized carbons (Fsp3) is 0.625. The molecule has 1 unspecified atom stereocenters. The highest BCUT2D eigenvalue weighted by Crippen LogP contribution is 2.40. The third-order valence-electron chi connectivity index (χ3n) is 4.83. The number of rotatable bonds is 3. The Morgan fingerprint density at radius 3 is 2.89 bits per heavy atom. The van der Waals surface area contributed by atoms with Crippen LogP contribution in [0.1, 0.15) is 56.2 Å². The van der Waals surface area contributed by atoms with Gasteiger partial charge in [-0.15, -0.1) is 0 Å². The number of fused-ring (bicyclic) bond motifs is 1. The molecule has 2 heteroatoms. The lowest BCUT2D eigenvalue weighted by molar-refractivity contribution is 0.297. The van der Waals surface area contributed by atoms with Crippen LogP contribution in [0, 0.1) is 5.41 Å². The lowest BCUT2D eigenvalue weighted by atomic mass is 9.88. The monoisotopic (exact) mass is 245 g/mol. The Morgan fingerprint density at radius 1 is 1.33 bits per heavy atom. The molecular weight excluding hydrogens is 222 g/mol. The van der Waals surface area contributed by atoms with Gasteiger partial charge in [0.2, 0.25) is 0 Å². The van der Waals surface area contributed by atoms with Gasteiger partial charge >= 0.3 is 0 Å². The Kier molecular flexibility index (Phi) is 3.06. The van der Waals surface area contributed by atoms with E-state index in [1.807, 2.05) is 6.07 Å². The van der Waals surface area contributed by atoms with Crippen LogP contribution in [0.15, 0.2) is 18.2 Å². The van der Waals surface area contributed by atoms with Gasteiger partial charge in [0, 0.05) is 12.6 Å². The maximum Gasteiger partial charge on any atom is 0.119 e. The van der Waals surface area contributed by atoms with Crippen molar-refractivity contribution in [1.29, 1.82) is 0 Å². The van der Waals surface area contributed by atoms with E-state index in [1.54, 1.807) is 6.07 Å². The van der Waals surface area contributed by atoms with E-state index in [9.17, 15) is 5.11 Å². The highest BCUT2D eigenvalue weighted by Gasteiger charge is 2.31. The molecule has 1 aromatic carbocycles. The summed E-state index contributed by atoms with van der Waals surface area (Å²) in [5.41, 5.74) is 2.97. The second-order valence-corrected chi connectivity index (χ2v) is 6.33. The summed E-state index contributed by atoms with van der Waals surface area (Å²) in [5.74, 6) is 0.476. The van der Waals surface area contributed by atoms with Crippen LogP contribution in [0.25, 0.3) is 0 Å². The summed E-state index contributed by atoms with van der Waals surface area (Å²) in [5, 5.41) is 13.6. The van der Waals surface area contributed by atoms with E-state index in [2.05, 4.69) is 18.3 Å². The van der Waals surface area contributed by atoms with Gasteiger partial charge in [0.15, 0.2) is 0 Å². The summed E-state index contributed by atoms with van der Waals surface area (Å²) in [4.78, 5) is 0. The molecule has 98 valence electrons. The van der Waals surface area contributed by atoms with Gasteiger partial charge in [-0.2, -0.15) is 0 Å². The summed E-state index contributed by atoms with van der Waals surface area (Å²) in [6, 6.07) is 6.38. The fourth-order valence-corrected chi connectivity index (χ4v) is 3.62. The van der Waals surface area contributed by atoms with Gasteiger partial charge in [0.1, 0.15) is 5.75 Å². The summed E-state index contributed by atoms with van der Waals surface area (Å²) in [7, 11) is 0. The third kappa shape index (κ3) is 2.14. The van der Waals surface area contributed by atoms with Gasteiger partial charge in [-0.25, -0.2) is 0 Å². The molecular formula is C16H23NO. The van der Waals surface area contributed by atoms with Gasteiger partial charge in [-0.05, 0) is 48.3 Å². The van der Waals surface area contributed by atoms with Crippen molar-refractivity contribution in [3.8, 4) is 5.75 Å². The van der Waals surface area contributed by atoms with Crippen LogP contribution >= 0.6 is 0 Å². The molecule has 2 nitrogen and oxygen atoms in total. The van der Waals surface area contributed by atoms with Crippen LogP contribution in [0.4, 0.5) is 0 Å².